The van der Waals surface area contributed by atoms with Gasteiger partial charge in [0.1, 0.15) is 5.75 Å². The molecule has 0 bridgehead atoms. The lowest BCUT2D eigenvalue weighted by molar-refractivity contribution is -0.0498. The maximum atomic E-state index is 11.9. The molecule has 0 saturated carbocycles. The van der Waals surface area contributed by atoms with E-state index in [2.05, 4.69) is 10.1 Å². The van der Waals surface area contributed by atoms with Crippen molar-refractivity contribution in [3.8, 4) is 5.75 Å². The van der Waals surface area contributed by atoms with Crippen molar-refractivity contribution in [3.63, 3.8) is 0 Å². The topological polar surface area (TPSA) is 58.6 Å². The van der Waals surface area contributed by atoms with Crippen LogP contribution in [0.3, 0.4) is 0 Å². The molecule has 1 aromatic rings. The molecule has 17 heavy (non-hydrogen) atoms. The number of aliphatic hydroxyl groups is 1. The number of benzene rings is 1. The number of nitrogens with one attached hydrogen (secondary N) is 1. The summed E-state index contributed by atoms with van der Waals surface area (Å²) < 4.78 is 27.9. The quantitative estimate of drug-likeness (QED) is 0.824. The van der Waals surface area contributed by atoms with E-state index in [4.69, 9.17) is 5.11 Å². The van der Waals surface area contributed by atoms with Crippen LogP contribution in [0.5, 0.6) is 5.75 Å². The molecule has 4 nitrogen and oxygen atoms in total. The fourth-order valence-corrected chi connectivity index (χ4v) is 1.13. The van der Waals surface area contributed by atoms with E-state index in [0.29, 0.717) is 5.56 Å². The van der Waals surface area contributed by atoms with E-state index in [1.54, 1.807) is 6.92 Å². The molecule has 0 spiro atoms. The van der Waals surface area contributed by atoms with Crippen molar-refractivity contribution < 1.29 is 23.4 Å². The molecule has 0 heterocycles. The molecule has 1 amide bonds. The summed E-state index contributed by atoms with van der Waals surface area (Å²) in [4.78, 5) is 11.5. The Morgan fingerprint density at radius 1 is 1.41 bits per heavy atom. The van der Waals surface area contributed by atoms with E-state index in [-0.39, 0.29) is 18.2 Å². The van der Waals surface area contributed by atoms with Crippen LogP contribution in [0.2, 0.25) is 0 Å². The standard InChI is InChI=1S/C11H13F2NO3/c1-7(15)6-14-10(16)8-2-4-9(5-3-8)17-11(12)13/h2-5,7,11,15H,6H2,1H3,(H,14,16)/t7-/m0/s1. The molecule has 0 aliphatic heterocycles. The minimum absolute atomic E-state index is 0.00734. The lowest BCUT2D eigenvalue weighted by atomic mass is 10.2. The molecule has 0 radical (unpaired) electrons. The van der Waals surface area contributed by atoms with Crippen molar-refractivity contribution in [3.05, 3.63) is 29.8 Å². The van der Waals surface area contributed by atoms with Crippen molar-refractivity contribution >= 4 is 5.91 Å². The molecule has 0 aromatic heterocycles. The van der Waals surface area contributed by atoms with Gasteiger partial charge in [-0.25, -0.2) is 0 Å². The average molecular weight is 245 g/mol. The summed E-state index contributed by atoms with van der Waals surface area (Å²) in [6.07, 6.45) is -0.639. The van der Waals surface area contributed by atoms with Crippen molar-refractivity contribution in [2.45, 2.75) is 19.6 Å². The van der Waals surface area contributed by atoms with Crippen LogP contribution in [-0.4, -0.2) is 30.3 Å². The molecule has 1 rings (SSSR count). The highest BCUT2D eigenvalue weighted by atomic mass is 19.3. The van der Waals surface area contributed by atoms with Crippen LogP contribution < -0.4 is 10.1 Å². The minimum Gasteiger partial charge on any atom is -0.435 e. The molecular formula is C11H13F2NO3. The lowest BCUT2D eigenvalue weighted by Crippen LogP contribution is -2.30. The highest BCUT2D eigenvalue weighted by molar-refractivity contribution is 5.94. The summed E-state index contributed by atoms with van der Waals surface area (Å²) in [5.74, 6) is -0.387. The molecule has 94 valence electrons. The maximum Gasteiger partial charge on any atom is 0.387 e. The van der Waals surface area contributed by atoms with Crippen molar-refractivity contribution in [2.24, 2.45) is 0 Å². The number of amides is 1. The fraction of sp³-hybridized carbons (Fsp3) is 0.364. The largest absolute Gasteiger partial charge is 0.435 e. The smallest absolute Gasteiger partial charge is 0.387 e. The van der Waals surface area contributed by atoms with Gasteiger partial charge in [0.15, 0.2) is 0 Å². The Balaban J connectivity index is 2.57. The van der Waals surface area contributed by atoms with Crippen LogP contribution in [0.1, 0.15) is 17.3 Å². The zero-order valence-corrected chi connectivity index (χ0v) is 9.19. The third-order valence-corrected chi connectivity index (χ3v) is 1.90. The van der Waals surface area contributed by atoms with E-state index >= 15 is 0 Å². The molecule has 0 saturated heterocycles. The molecule has 1 atom stereocenters. The second-order valence-corrected chi connectivity index (χ2v) is 3.46. The monoisotopic (exact) mass is 245 g/mol. The van der Waals surface area contributed by atoms with E-state index in [9.17, 15) is 13.6 Å². The van der Waals surface area contributed by atoms with Gasteiger partial charge < -0.3 is 15.2 Å². The van der Waals surface area contributed by atoms with E-state index < -0.39 is 12.7 Å². The van der Waals surface area contributed by atoms with Gasteiger partial charge in [0.05, 0.1) is 6.10 Å². The number of rotatable bonds is 5. The molecule has 0 unspecified atom stereocenters. The first-order chi connectivity index (χ1) is 7.99. The molecule has 6 heteroatoms. The third-order valence-electron chi connectivity index (χ3n) is 1.90. The Bertz CT molecular complexity index is 365. The van der Waals surface area contributed by atoms with Gasteiger partial charge in [-0.05, 0) is 31.2 Å². The summed E-state index contributed by atoms with van der Waals surface area (Å²) in [6.45, 7) is -1.21. The summed E-state index contributed by atoms with van der Waals surface area (Å²) in [7, 11) is 0. The Morgan fingerprint density at radius 3 is 2.47 bits per heavy atom. The van der Waals surface area contributed by atoms with Crippen LogP contribution in [0.25, 0.3) is 0 Å². The lowest BCUT2D eigenvalue weighted by Gasteiger charge is -2.08. The Hall–Kier alpha value is -1.69. The number of hydrogen-bond acceptors (Lipinski definition) is 3. The van der Waals surface area contributed by atoms with Gasteiger partial charge in [-0.3, -0.25) is 4.79 Å². The van der Waals surface area contributed by atoms with Crippen LogP contribution in [0.15, 0.2) is 24.3 Å². The number of alkyl halides is 2. The second kappa shape index (κ2) is 6.15. The average Bonchev–Trinajstić information content (AvgIpc) is 2.26. The number of aliphatic hydroxyl groups excluding tert-OH is 1. The van der Waals surface area contributed by atoms with Crippen molar-refractivity contribution in [2.75, 3.05) is 6.54 Å². The van der Waals surface area contributed by atoms with Gasteiger partial charge in [-0.2, -0.15) is 8.78 Å². The fourth-order valence-electron chi connectivity index (χ4n) is 1.13. The van der Waals surface area contributed by atoms with E-state index in [1.807, 2.05) is 0 Å². The Morgan fingerprint density at radius 2 is 2.00 bits per heavy atom. The Labute approximate surface area is 97.2 Å². The summed E-state index contributed by atoms with van der Waals surface area (Å²) in [5, 5.41) is 11.5. The number of hydrogen-bond donors (Lipinski definition) is 2. The first-order valence-corrected chi connectivity index (χ1v) is 5.00. The van der Waals surface area contributed by atoms with Gasteiger partial charge in [0.2, 0.25) is 0 Å². The zero-order chi connectivity index (χ0) is 12.8. The van der Waals surface area contributed by atoms with Gasteiger partial charge in [0, 0.05) is 12.1 Å². The Kier molecular flexibility index (Phi) is 4.84. The normalized spacial score (nSPS) is 12.3. The van der Waals surface area contributed by atoms with E-state index in [1.165, 1.54) is 24.3 Å². The molecule has 0 fully saturated rings. The molecule has 1 aromatic carbocycles. The predicted octanol–water partition coefficient (Wildman–Crippen LogP) is 1.40. The summed E-state index contributed by atoms with van der Waals surface area (Å²) in [6, 6.07) is 5.30. The van der Waals surface area contributed by atoms with Crippen LogP contribution in [-0.2, 0) is 0 Å². The van der Waals surface area contributed by atoms with Crippen LogP contribution in [0, 0.1) is 0 Å². The van der Waals surface area contributed by atoms with Gasteiger partial charge in [-0.1, -0.05) is 0 Å². The SMILES string of the molecule is C[C@H](O)CNC(=O)c1ccc(OC(F)F)cc1. The van der Waals surface area contributed by atoms with Crippen molar-refractivity contribution in [1.29, 1.82) is 0 Å². The van der Waals surface area contributed by atoms with E-state index in [0.717, 1.165) is 0 Å². The molecule has 0 aliphatic rings. The highest BCUT2D eigenvalue weighted by Crippen LogP contribution is 2.14. The third kappa shape index (κ3) is 4.78. The molecule has 2 N–H and O–H groups in total. The van der Waals surface area contributed by atoms with Gasteiger partial charge >= 0.3 is 6.61 Å². The van der Waals surface area contributed by atoms with Crippen LogP contribution in [0.4, 0.5) is 8.78 Å². The minimum atomic E-state index is -2.88. The second-order valence-electron chi connectivity index (χ2n) is 3.46. The number of ether oxygens (including phenoxy) is 1. The zero-order valence-electron chi connectivity index (χ0n) is 9.19. The molecule has 0 aliphatic carbocycles. The number of halogens is 2. The molecular weight excluding hydrogens is 232 g/mol. The first kappa shape index (κ1) is 13.4. The van der Waals surface area contributed by atoms with Crippen LogP contribution >= 0.6 is 0 Å². The van der Waals surface area contributed by atoms with Crippen molar-refractivity contribution in [1.82, 2.24) is 5.32 Å². The maximum absolute atomic E-state index is 11.9. The predicted molar refractivity (Wildman–Crippen MR) is 57.1 cm³/mol. The van der Waals surface area contributed by atoms with Gasteiger partial charge in [0.25, 0.3) is 5.91 Å². The first-order valence-electron chi connectivity index (χ1n) is 5.00. The summed E-state index contributed by atoms with van der Waals surface area (Å²) in [5.41, 5.74) is 0.312. The van der Waals surface area contributed by atoms with Gasteiger partial charge in [-0.15, -0.1) is 0 Å². The number of carbonyl (C=O) groups is 1. The summed E-state index contributed by atoms with van der Waals surface area (Å²) >= 11 is 0. The highest BCUT2D eigenvalue weighted by Gasteiger charge is 2.08. The number of carbonyl (C=O) groups excluding carboxylic acids is 1.